The second kappa shape index (κ2) is 12.1. The number of carbonyl (C=O) groups is 1. The summed E-state index contributed by atoms with van der Waals surface area (Å²) in [6, 6.07) is 20.0. The fraction of sp³-hybridized carbons (Fsp3) is 0.312. The van der Waals surface area contributed by atoms with Crippen molar-refractivity contribution in [3.63, 3.8) is 0 Å². The lowest BCUT2D eigenvalue weighted by atomic mass is 9.94. The van der Waals surface area contributed by atoms with E-state index >= 15 is 0 Å². The molecule has 0 radical (unpaired) electrons. The van der Waals surface area contributed by atoms with Crippen molar-refractivity contribution in [1.82, 2.24) is 19.9 Å². The summed E-state index contributed by atoms with van der Waals surface area (Å²) in [7, 11) is 0. The minimum Gasteiger partial charge on any atom is -0.322 e. The Labute approximate surface area is 225 Å². The number of rotatable bonds is 7. The van der Waals surface area contributed by atoms with Crippen LogP contribution in [-0.4, -0.2) is 45.4 Å². The number of nitrogens with one attached hydrogen (secondary N) is 1. The zero-order valence-electron chi connectivity index (χ0n) is 22.2. The third kappa shape index (κ3) is 6.32. The quantitative estimate of drug-likeness (QED) is 0.320. The van der Waals surface area contributed by atoms with Crippen LogP contribution in [0.2, 0.25) is 0 Å². The van der Waals surface area contributed by atoms with Gasteiger partial charge in [0.05, 0.1) is 5.69 Å². The number of pyridine rings is 1. The second-order valence-corrected chi connectivity index (χ2v) is 10.1. The predicted molar refractivity (Wildman–Crippen MR) is 152 cm³/mol. The van der Waals surface area contributed by atoms with Crippen molar-refractivity contribution in [2.75, 3.05) is 25.0 Å². The third-order valence-corrected chi connectivity index (χ3v) is 7.47. The average Bonchev–Trinajstić information content (AvgIpc) is 3.21. The molecule has 38 heavy (non-hydrogen) atoms. The van der Waals surface area contributed by atoms with Crippen molar-refractivity contribution >= 4 is 11.6 Å². The van der Waals surface area contributed by atoms with Gasteiger partial charge >= 0.3 is 0 Å². The Morgan fingerprint density at radius 3 is 2.71 bits per heavy atom. The van der Waals surface area contributed by atoms with Gasteiger partial charge in [-0.25, -0.2) is 9.97 Å². The van der Waals surface area contributed by atoms with Gasteiger partial charge in [0, 0.05) is 48.4 Å². The number of aromatic nitrogens is 3. The lowest BCUT2D eigenvalue weighted by molar-refractivity contribution is 0.102. The van der Waals surface area contributed by atoms with Crippen LogP contribution in [-0.2, 0) is 6.42 Å². The SMILES string of the molecule is CCN1CCCCC(c2ccc(NC(=O)c3ccc(C)c(Cc4nccc(-c5cccnc5)n4)c3)cc2)C1. The number of likely N-dealkylation sites (tertiary alicyclic amines) is 1. The maximum Gasteiger partial charge on any atom is 0.255 e. The minimum atomic E-state index is -0.115. The molecule has 1 fully saturated rings. The van der Waals surface area contributed by atoms with Crippen LogP contribution in [0.15, 0.2) is 79.3 Å². The van der Waals surface area contributed by atoms with E-state index in [1.807, 2.05) is 55.5 Å². The van der Waals surface area contributed by atoms with Gasteiger partial charge in [-0.2, -0.15) is 0 Å². The first kappa shape index (κ1) is 25.7. The van der Waals surface area contributed by atoms with E-state index in [4.69, 9.17) is 4.98 Å². The number of anilines is 1. The number of hydrogen-bond acceptors (Lipinski definition) is 5. The number of aryl methyl sites for hydroxylation is 1. The van der Waals surface area contributed by atoms with E-state index in [0.29, 0.717) is 23.7 Å². The Hall–Kier alpha value is -3.90. The Morgan fingerprint density at radius 2 is 1.92 bits per heavy atom. The average molecular weight is 506 g/mol. The molecule has 2 aromatic carbocycles. The molecule has 1 aliphatic rings. The van der Waals surface area contributed by atoms with E-state index in [0.717, 1.165) is 41.2 Å². The van der Waals surface area contributed by atoms with Gasteiger partial charge in [0.25, 0.3) is 5.91 Å². The summed E-state index contributed by atoms with van der Waals surface area (Å²) in [6.45, 7) is 7.70. The second-order valence-electron chi connectivity index (χ2n) is 10.1. The lowest BCUT2D eigenvalue weighted by Crippen LogP contribution is -2.27. The Kier molecular flexibility index (Phi) is 8.19. The van der Waals surface area contributed by atoms with E-state index in [2.05, 4.69) is 39.2 Å². The standard InChI is InChI=1S/C32H35N5O/c1-3-37-18-5-4-7-27(22-37)24-11-13-29(14-12-24)35-32(38)25-10-9-23(2)28(19-25)20-31-34-17-15-30(36-31)26-8-6-16-33-21-26/h6,8-17,19,21,27H,3-5,7,18,20,22H2,1-2H3,(H,35,38). The third-order valence-electron chi connectivity index (χ3n) is 7.47. The van der Waals surface area contributed by atoms with Crippen molar-refractivity contribution < 1.29 is 4.79 Å². The maximum absolute atomic E-state index is 13.1. The van der Waals surface area contributed by atoms with Gasteiger partial charge < -0.3 is 10.2 Å². The molecule has 0 saturated carbocycles. The first-order chi connectivity index (χ1) is 18.6. The number of carbonyl (C=O) groups excluding carboxylic acids is 1. The van der Waals surface area contributed by atoms with Gasteiger partial charge in [-0.1, -0.05) is 31.5 Å². The number of benzene rings is 2. The van der Waals surface area contributed by atoms with E-state index in [1.54, 1.807) is 18.6 Å². The molecule has 0 spiro atoms. The van der Waals surface area contributed by atoms with Crippen molar-refractivity contribution in [3.05, 3.63) is 107 Å². The summed E-state index contributed by atoms with van der Waals surface area (Å²) >= 11 is 0. The van der Waals surface area contributed by atoms with Crippen LogP contribution in [0.25, 0.3) is 11.3 Å². The monoisotopic (exact) mass is 505 g/mol. The zero-order chi connectivity index (χ0) is 26.3. The molecule has 1 saturated heterocycles. The Balaban J connectivity index is 1.27. The molecule has 0 bridgehead atoms. The van der Waals surface area contributed by atoms with Crippen molar-refractivity contribution in [3.8, 4) is 11.3 Å². The van der Waals surface area contributed by atoms with Crippen molar-refractivity contribution in [2.45, 2.75) is 45.4 Å². The largest absolute Gasteiger partial charge is 0.322 e. The summed E-state index contributed by atoms with van der Waals surface area (Å²) in [6.07, 6.45) is 9.64. The molecule has 1 N–H and O–H groups in total. The first-order valence-electron chi connectivity index (χ1n) is 13.5. The van der Waals surface area contributed by atoms with Crippen LogP contribution < -0.4 is 5.32 Å². The molecule has 194 valence electrons. The normalized spacial score (nSPS) is 16.1. The summed E-state index contributed by atoms with van der Waals surface area (Å²) in [5, 5.41) is 3.07. The molecule has 1 amide bonds. The molecule has 6 heteroatoms. The highest BCUT2D eigenvalue weighted by atomic mass is 16.1. The number of hydrogen-bond donors (Lipinski definition) is 1. The van der Waals surface area contributed by atoms with Gasteiger partial charge in [0.15, 0.2) is 0 Å². The smallest absolute Gasteiger partial charge is 0.255 e. The van der Waals surface area contributed by atoms with Crippen LogP contribution in [0.1, 0.15) is 65.0 Å². The molecule has 6 nitrogen and oxygen atoms in total. The van der Waals surface area contributed by atoms with Gasteiger partial charge in [-0.3, -0.25) is 9.78 Å². The Morgan fingerprint density at radius 1 is 1.05 bits per heavy atom. The van der Waals surface area contributed by atoms with Crippen molar-refractivity contribution in [1.29, 1.82) is 0 Å². The highest BCUT2D eigenvalue weighted by Gasteiger charge is 2.19. The molecule has 1 atom stereocenters. The molecule has 1 aliphatic heterocycles. The van der Waals surface area contributed by atoms with E-state index in [1.165, 1.54) is 31.4 Å². The molecule has 1 unspecified atom stereocenters. The van der Waals surface area contributed by atoms with E-state index < -0.39 is 0 Å². The van der Waals surface area contributed by atoms with Gasteiger partial charge in [0.2, 0.25) is 0 Å². The molecule has 0 aliphatic carbocycles. The summed E-state index contributed by atoms with van der Waals surface area (Å²) in [5.41, 5.74) is 6.72. The topological polar surface area (TPSA) is 71.0 Å². The summed E-state index contributed by atoms with van der Waals surface area (Å²) in [4.78, 5) is 29.1. The molecular weight excluding hydrogens is 470 g/mol. The lowest BCUT2D eigenvalue weighted by Gasteiger charge is -2.23. The number of amides is 1. The van der Waals surface area contributed by atoms with Crippen LogP contribution in [0.3, 0.4) is 0 Å². The van der Waals surface area contributed by atoms with E-state index in [-0.39, 0.29) is 5.91 Å². The zero-order valence-corrected chi connectivity index (χ0v) is 22.2. The molecule has 2 aromatic heterocycles. The molecule has 3 heterocycles. The summed E-state index contributed by atoms with van der Waals surface area (Å²) in [5.74, 6) is 1.15. The van der Waals surface area contributed by atoms with Gasteiger partial charge in [0.1, 0.15) is 5.82 Å². The fourth-order valence-electron chi connectivity index (χ4n) is 5.15. The fourth-order valence-corrected chi connectivity index (χ4v) is 5.15. The molecule has 4 aromatic rings. The highest BCUT2D eigenvalue weighted by Crippen LogP contribution is 2.27. The van der Waals surface area contributed by atoms with Crippen molar-refractivity contribution in [2.24, 2.45) is 0 Å². The number of nitrogens with zero attached hydrogens (tertiary/aromatic N) is 4. The molecule has 5 rings (SSSR count). The maximum atomic E-state index is 13.1. The Bertz CT molecular complexity index is 1370. The summed E-state index contributed by atoms with van der Waals surface area (Å²) < 4.78 is 0. The highest BCUT2D eigenvalue weighted by molar-refractivity contribution is 6.04. The minimum absolute atomic E-state index is 0.115. The predicted octanol–water partition coefficient (Wildman–Crippen LogP) is 6.28. The van der Waals surface area contributed by atoms with Crippen LogP contribution in [0, 0.1) is 6.92 Å². The van der Waals surface area contributed by atoms with Crippen LogP contribution in [0.5, 0.6) is 0 Å². The van der Waals surface area contributed by atoms with E-state index in [9.17, 15) is 4.79 Å². The van der Waals surface area contributed by atoms with Gasteiger partial charge in [-0.15, -0.1) is 0 Å². The first-order valence-corrected chi connectivity index (χ1v) is 13.5. The van der Waals surface area contributed by atoms with Crippen LogP contribution in [0.4, 0.5) is 5.69 Å². The number of likely N-dealkylation sites (N-methyl/N-ethyl adjacent to an activating group) is 1. The molecular formula is C32H35N5O. The van der Waals surface area contributed by atoms with Gasteiger partial charge in [-0.05, 0) is 97.9 Å². The van der Waals surface area contributed by atoms with Crippen LogP contribution >= 0.6 is 0 Å².